The second-order valence-electron chi connectivity index (χ2n) is 8.39. The van der Waals surface area contributed by atoms with Gasteiger partial charge in [0.1, 0.15) is 11.1 Å². The molecule has 3 aromatic rings. The monoisotopic (exact) mass is 410 g/mol. The molecule has 0 aliphatic heterocycles. The number of aromatic nitrogens is 3. The molecule has 1 amide bonds. The number of ether oxygens (including phenoxy) is 1. The number of fused-ring (bicyclic) bond motifs is 1. The van der Waals surface area contributed by atoms with Gasteiger partial charge in [-0.15, -0.1) is 0 Å². The molecule has 3 rings (SSSR count). The number of rotatable bonds is 5. The first-order valence-electron chi connectivity index (χ1n) is 10.3. The van der Waals surface area contributed by atoms with Crippen LogP contribution in [0.4, 0.5) is 10.5 Å². The predicted molar refractivity (Wildman–Crippen MR) is 119 cm³/mol. The number of hydrogen-bond acceptors (Lipinski definition) is 4. The van der Waals surface area contributed by atoms with Crippen molar-refractivity contribution in [3.8, 4) is 0 Å². The van der Waals surface area contributed by atoms with Gasteiger partial charge < -0.3 is 9.30 Å². The van der Waals surface area contributed by atoms with Crippen LogP contribution in [-0.4, -0.2) is 26.0 Å². The Bertz CT molecular complexity index is 1140. The van der Waals surface area contributed by atoms with Crippen molar-refractivity contribution < 1.29 is 9.53 Å². The number of benzene rings is 1. The maximum Gasteiger partial charge on any atom is 0.412 e. The molecule has 0 bridgehead atoms. The topological polar surface area (TPSA) is 78.2 Å². The van der Waals surface area contributed by atoms with Crippen molar-refractivity contribution in [3.63, 3.8) is 0 Å². The summed E-state index contributed by atoms with van der Waals surface area (Å²) >= 11 is 0. The predicted octanol–water partition coefficient (Wildman–Crippen LogP) is 4.26. The van der Waals surface area contributed by atoms with Crippen molar-refractivity contribution in [1.82, 2.24) is 14.3 Å². The number of carbonyl (C=O) groups is 1. The lowest BCUT2D eigenvalue weighted by Crippen LogP contribution is -2.27. The molecule has 0 saturated carbocycles. The lowest BCUT2D eigenvalue weighted by molar-refractivity contribution is 0.0636. The van der Waals surface area contributed by atoms with Crippen LogP contribution >= 0.6 is 0 Å². The fraction of sp³-hybridized carbons (Fsp3) is 0.435. The van der Waals surface area contributed by atoms with Crippen LogP contribution < -0.4 is 10.9 Å². The Morgan fingerprint density at radius 3 is 2.57 bits per heavy atom. The summed E-state index contributed by atoms with van der Waals surface area (Å²) in [5.41, 5.74) is 3.83. The number of hydrogen-bond donors (Lipinski definition) is 1. The van der Waals surface area contributed by atoms with E-state index in [4.69, 9.17) is 4.74 Å². The molecular weight excluding hydrogens is 380 g/mol. The highest BCUT2D eigenvalue weighted by Gasteiger charge is 2.18. The number of aryl methyl sites for hydroxylation is 2. The minimum atomic E-state index is -0.571. The maximum absolute atomic E-state index is 13.2. The second kappa shape index (κ2) is 8.34. The van der Waals surface area contributed by atoms with Crippen LogP contribution in [-0.2, 0) is 31.2 Å². The van der Waals surface area contributed by atoms with E-state index in [0.717, 1.165) is 23.8 Å². The number of nitrogens with one attached hydrogen (secondary N) is 1. The molecule has 1 aromatic carbocycles. The zero-order valence-electron chi connectivity index (χ0n) is 18.6. The minimum absolute atomic E-state index is 0.116. The number of anilines is 1. The molecule has 2 aromatic heterocycles. The molecule has 2 heterocycles. The first-order chi connectivity index (χ1) is 14.1. The van der Waals surface area contributed by atoms with E-state index in [0.29, 0.717) is 17.7 Å². The van der Waals surface area contributed by atoms with E-state index in [1.165, 1.54) is 15.9 Å². The summed E-state index contributed by atoms with van der Waals surface area (Å²) in [5.74, 6) is 0. The highest BCUT2D eigenvalue weighted by atomic mass is 16.6. The lowest BCUT2D eigenvalue weighted by Gasteiger charge is -2.19. The zero-order valence-corrected chi connectivity index (χ0v) is 18.6. The molecular formula is C23H30N4O3. The van der Waals surface area contributed by atoms with Gasteiger partial charge in [0.2, 0.25) is 0 Å². The van der Waals surface area contributed by atoms with Gasteiger partial charge in [-0.05, 0) is 56.9 Å². The first-order valence-corrected chi connectivity index (χ1v) is 10.3. The molecule has 0 radical (unpaired) electrons. The zero-order chi connectivity index (χ0) is 22.1. The highest BCUT2D eigenvalue weighted by molar-refractivity contribution is 5.85. The van der Waals surface area contributed by atoms with E-state index in [-0.39, 0.29) is 5.56 Å². The molecule has 0 spiro atoms. The van der Waals surface area contributed by atoms with Gasteiger partial charge in [0.05, 0.1) is 12.7 Å². The van der Waals surface area contributed by atoms with Crippen molar-refractivity contribution in [1.29, 1.82) is 0 Å². The quantitative estimate of drug-likeness (QED) is 0.682. The van der Waals surface area contributed by atoms with E-state index in [1.54, 1.807) is 12.3 Å². The lowest BCUT2D eigenvalue weighted by atomic mass is 10.1. The van der Waals surface area contributed by atoms with Crippen LogP contribution in [0, 0.1) is 0 Å². The van der Waals surface area contributed by atoms with Crippen LogP contribution in [0.5, 0.6) is 0 Å². The molecule has 0 saturated heterocycles. The van der Waals surface area contributed by atoms with Crippen molar-refractivity contribution in [2.45, 2.75) is 59.6 Å². The van der Waals surface area contributed by atoms with Gasteiger partial charge in [-0.2, -0.15) is 5.10 Å². The third-order valence-electron chi connectivity index (χ3n) is 5.03. The second-order valence-corrected chi connectivity index (χ2v) is 8.39. The third-order valence-corrected chi connectivity index (χ3v) is 5.03. The molecule has 160 valence electrons. The van der Waals surface area contributed by atoms with Gasteiger partial charge >= 0.3 is 6.09 Å². The number of carbonyl (C=O) groups excluding carboxylic acids is 1. The Labute approximate surface area is 176 Å². The van der Waals surface area contributed by atoms with Gasteiger partial charge in [-0.3, -0.25) is 10.1 Å². The molecule has 0 fully saturated rings. The van der Waals surface area contributed by atoms with Crippen LogP contribution in [0.25, 0.3) is 10.9 Å². The van der Waals surface area contributed by atoms with Crippen molar-refractivity contribution in [2.24, 2.45) is 7.05 Å². The molecule has 0 unspecified atom stereocenters. The minimum Gasteiger partial charge on any atom is -0.444 e. The average molecular weight is 411 g/mol. The van der Waals surface area contributed by atoms with Crippen LogP contribution in [0.15, 0.2) is 35.3 Å². The van der Waals surface area contributed by atoms with Gasteiger partial charge in [0.25, 0.3) is 5.56 Å². The Morgan fingerprint density at radius 1 is 1.20 bits per heavy atom. The van der Waals surface area contributed by atoms with E-state index >= 15 is 0 Å². The van der Waals surface area contributed by atoms with Crippen LogP contribution in [0.3, 0.4) is 0 Å². The summed E-state index contributed by atoms with van der Waals surface area (Å²) in [6.45, 7) is 9.95. The summed E-state index contributed by atoms with van der Waals surface area (Å²) in [6.07, 6.45) is 3.01. The summed E-state index contributed by atoms with van der Waals surface area (Å²) in [4.78, 5) is 25.2. The van der Waals surface area contributed by atoms with Crippen molar-refractivity contribution >= 4 is 22.7 Å². The Morgan fingerprint density at radius 2 is 1.93 bits per heavy atom. The summed E-state index contributed by atoms with van der Waals surface area (Å²) in [6, 6.07) is 7.34. The molecule has 1 N–H and O–H groups in total. The van der Waals surface area contributed by atoms with E-state index in [2.05, 4.69) is 24.3 Å². The summed E-state index contributed by atoms with van der Waals surface area (Å²) in [5, 5.41) is 8.08. The molecule has 7 nitrogen and oxygen atoms in total. The molecule has 7 heteroatoms. The Hall–Kier alpha value is -3.09. The van der Waals surface area contributed by atoms with Crippen LogP contribution in [0.1, 0.15) is 51.4 Å². The fourth-order valence-corrected chi connectivity index (χ4v) is 3.82. The molecule has 0 aliphatic rings. The van der Waals surface area contributed by atoms with Crippen molar-refractivity contribution in [3.05, 3.63) is 57.6 Å². The largest absolute Gasteiger partial charge is 0.444 e. The smallest absolute Gasteiger partial charge is 0.412 e. The molecule has 0 aliphatic carbocycles. The third kappa shape index (κ3) is 4.40. The van der Waals surface area contributed by atoms with E-state index < -0.39 is 11.7 Å². The van der Waals surface area contributed by atoms with Crippen LogP contribution in [0.2, 0.25) is 0 Å². The Kier molecular flexibility index (Phi) is 6.01. The van der Waals surface area contributed by atoms with Gasteiger partial charge in [0.15, 0.2) is 0 Å². The maximum atomic E-state index is 13.2. The van der Waals surface area contributed by atoms with Crippen molar-refractivity contribution in [2.75, 3.05) is 5.32 Å². The number of amides is 1. The summed E-state index contributed by atoms with van der Waals surface area (Å²) < 4.78 is 8.76. The van der Waals surface area contributed by atoms with Gasteiger partial charge in [-0.1, -0.05) is 26.0 Å². The SMILES string of the molecule is CCc1c(CC)n(C)c2c(=O)n(Cc3cccc(NC(=O)OC(C)(C)C)c3)ncc12. The molecule has 30 heavy (non-hydrogen) atoms. The standard InChI is InChI=1S/C23H30N4O3/c1-7-17-18-13-24-27(21(28)20(18)26(6)19(17)8-2)14-15-10-9-11-16(12-15)25-22(29)30-23(3,4)5/h9-13H,7-8,14H2,1-6H3,(H,25,29). The first kappa shape index (κ1) is 21.6. The van der Waals surface area contributed by atoms with E-state index in [9.17, 15) is 9.59 Å². The van der Waals surface area contributed by atoms with E-state index in [1.807, 2.05) is 50.6 Å². The number of nitrogens with zero attached hydrogens (tertiary/aromatic N) is 3. The van der Waals surface area contributed by atoms with Gasteiger partial charge in [0, 0.05) is 23.8 Å². The average Bonchev–Trinajstić information content (AvgIpc) is 2.94. The summed E-state index contributed by atoms with van der Waals surface area (Å²) in [7, 11) is 1.94. The molecule has 0 atom stereocenters. The highest BCUT2D eigenvalue weighted by Crippen LogP contribution is 2.23. The Balaban J connectivity index is 1.90. The fourth-order valence-electron chi connectivity index (χ4n) is 3.82. The van der Waals surface area contributed by atoms with Gasteiger partial charge in [-0.25, -0.2) is 9.48 Å². The normalized spacial score (nSPS) is 11.7.